The summed E-state index contributed by atoms with van der Waals surface area (Å²) in [7, 11) is 0. The Bertz CT molecular complexity index is 385. The SMILES string of the molecule is CCCNC(c1cc(F)cc(F)c1)C1CCCOC1. The molecule has 0 radical (unpaired) electrons. The summed E-state index contributed by atoms with van der Waals surface area (Å²) in [6.45, 7) is 4.35. The van der Waals surface area contributed by atoms with E-state index in [0.717, 1.165) is 38.5 Å². The summed E-state index contributed by atoms with van der Waals surface area (Å²) in [5.41, 5.74) is 0.682. The number of rotatable bonds is 5. The maximum absolute atomic E-state index is 13.4. The molecule has 2 atom stereocenters. The third-order valence-corrected chi connectivity index (χ3v) is 3.53. The third kappa shape index (κ3) is 3.98. The fourth-order valence-electron chi connectivity index (χ4n) is 2.64. The molecule has 4 heteroatoms. The predicted octanol–water partition coefficient (Wildman–Crippen LogP) is 3.43. The van der Waals surface area contributed by atoms with Crippen LogP contribution in [0.4, 0.5) is 8.78 Å². The number of ether oxygens (including phenoxy) is 1. The van der Waals surface area contributed by atoms with Gasteiger partial charge in [-0.2, -0.15) is 0 Å². The molecule has 1 aromatic rings. The predicted molar refractivity (Wildman–Crippen MR) is 70.9 cm³/mol. The maximum atomic E-state index is 13.4. The monoisotopic (exact) mass is 269 g/mol. The molecule has 2 rings (SSSR count). The van der Waals surface area contributed by atoms with Crippen molar-refractivity contribution >= 4 is 0 Å². The molecule has 0 saturated carbocycles. The second-order valence-corrected chi connectivity index (χ2v) is 5.11. The third-order valence-electron chi connectivity index (χ3n) is 3.53. The molecule has 0 amide bonds. The smallest absolute Gasteiger partial charge is 0.126 e. The average Bonchev–Trinajstić information content (AvgIpc) is 2.39. The Morgan fingerprint density at radius 1 is 1.32 bits per heavy atom. The number of hydrogen-bond acceptors (Lipinski definition) is 2. The molecule has 2 nitrogen and oxygen atoms in total. The molecule has 1 N–H and O–H groups in total. The largest absolute Gasteiger partial charge is 0.381 e. The summed E-state index contributed by atoms with van der Waals surface area (Å²) in [4.78, 5) is 0. The van der Waals surface area contributed by atoms with Gasteiger partial charge in [0, 0.05) is 24.6 Å². The van der Waals surface area contributed by atoms with Gasteiger partial charge in [-0.25, -0.2) is 8.78 Å². The first kappa shape index (κ1) is 14.4. The van der Waals surface area contributed by atoms with Crippen molar-refractivity contribution in [1.82, 2.24) is 5.32 Å². The Balaban J connectivity index is 2.19. The lowest BCUT2D eigenvalue weighted by atomic mass is 9.88. The van der Waals surface area contributed by atoms with Gasteiger partial charge in [0.1, 0.15) is 11.6 Å². The van der Waals surface area contributed by atoms with Crippen molar-refractivity contribution in [2.24, 2.45) is 5.92 Å². The quantitative estimate of drug-likeness (QED) is 0.884. The van der Waals surface area contributed by atoms with E-state index in [2.05, 4.69) is 12.2 Å². The summed E-state index contributed by atoms with van der Waals surface area (Å²) in [6, 6.07) is 3.72. The minimum absolute atomic E-state index is 0.0366. The molecule has 0 aliphatic carbocycles. The van der Waals surface area contributed by atoms with Crippen molar-refractivity contribution in [3.8, 4) is 0 Å². The highest BCUT2D eigenvalue weighted by molar-refractivity contribution is 5.22. The van der Waals surface area contributed by atoms with Crippen LogP contribution in [0.25, 0.3) is 0 Å². The first-order chi connectivity index (χ1) is 9.20. The summed E-state index contributed by atoms with van der Waals surface area (Å²) >= 11 is 0. The molecule has 0 aromatic heterocycles. The van der Waals surface area contributed by atoms with E-state index in [9.17, 15) is 8.78 Å². The van der Waals surface area contributed by atoms with Gasteiger partial charge in [0.2, 0.25) is 0 Å². The van der Waals surface area contributed by atoms with Gasteiger partial charge in [-0.1, -0.05) is 6.92 Å². The zero-order valence-electron chi connectivity index (χ0n) is 11.3. The highest BCUT2D eigenvalue weighted by atomic mass is 19.1. The van der Waals surface area contributed by atoms with Crippen molar-refractivity contribution in [3.05, 3.63) is 35.4 Å². The van der Waals surface area contributed by atoms with Crippen molar-refractivity contribution in [3.63, 3.8) is 0 Å². The number of benzene rings is 1. The fraction of sp³-hybridized carbons (Fsp3) is 0.600. The zero-order valence-corrected chi connectivity index (χ0v) is 11.3. The minimum atomic E-state index is -0.518. The lowest BCUT2D eigenvalue weighted by molar-refractivity contribution is 0.0389. The standard InChI is InChI=1S/C15H21F2NO/c1-2-5-18-15(11-4-3-6-19-10-11)12-7-13(16)9-14(17)8-12/h7-9,11,15,18H,2-6,10H2,1H3. The van der Waals surface area contributed by atoms with E-state index in [1.54, 1.807) is 0 Å². The highest BCUT2D eigenvalue weighted by Crippen LogP contribution is 2.29. The van der Waals surface area contributed by atoms with Crippen LogP contribution >= 0.6 is 0 Å². The van der Waals surface area contributed by atoms with E-state index in [0.29, 0.717) is 12.2 Å². The van der Waals surface area contributed by atoms with E-state index in [1.807, 2.05) is 0 Å². The van der Waals surface area contributed by atoms with Gasteiger partial charge < -0.3 is 10.1 Å². The van der Waals surface area contributed by atoms with Gasteiger partial charge in [-0.15, -0.1) is 0 Å². The second kappa shape index (κ2) is 6.96. The van der Waals surface area contributed by atoms with Gasteiger partial charge in [-0.3, -0.25) is 0 Å². The second-order valence-electron chi connectivity index (χ2n) is 5.11. The van der Waals surface area contributed by atoms with E-state index < -0.39 is 11.6 Å². The van der Waals surface area contributed by atoms with Crippen molar-refractivity contribution in [2.75, 3.05) is 19.8 Å². The van der Waals surface area contributed by atoms with Crippen LogP contribution < -0.4 is 5.32 Å². The summed E-state index contributed by atoms with van der Waals surface area (Å²) in [6.07, 6.45) is 3.02. The normalized spacial score (nSPS) is 21.3. The van der Waals surface area contributed by atoms with E-state index >= 15 is 0 Å². The van der Waals surface area contributed by atoms with Crippen LogP contribution in [0.1, 0.15) is 37.8 Å². The Morgan fingerprint density at radius 2 is 2.05 bits per heavy atom. The van der Waals surface area contributed by atoms with Crippen molar-refractivity contribution in [2.45, 2.75) is 32.2 Å². The molecule has 1 aromatic carbocycles. The van der Waals surface area contributed by atoms with Gasteiger partial charge >= 0.3 is 0 Å². The molecule has 1 heterocycles. The molecule has 0 bridgehead atoms. The first-order valence-electron chi connectivity index (χ1n) is 6.98. The molecule has 106 valence electrons. The topological polar surface area (TPSA) is 21.3 Å². The van der Waals surface area contributed by atoms with Crippen LogP contribution in [0.2, 0.25) is 0 Å². The Morgan fingerprint density at radius 3 is 2.63 bits per heavy atom. The Kier molecular flexibility index (Phi) is 5.28. The van der Waals surface area contributed by atoms with Crippen molar-refractivity contribution in [1.29, 1.82) is 0 Å². The van der Waals surface area contributed by atoms with E-state index in [-0.39, 0.29) is 12.0 Å². The lowest BCUT2D eigenvalue weighted by Crippen LogP contribution is -2.34. The van der Waals surface area contributed by atoms with E-state index in [4.69, 9.17) is 4.74 Å². The molecule has 1 saturated heterocycles. The molecule has 19 heavy (non-hydrogen) atoms. The Hall–Kier alpha value is -1.00. The van der Waals surface area contributed by atoms with Crippen LogP contribution in [0.15, 0.2) is 18.2 Å². The molecule has 1 aliphatic rings. The molecule has 2 unspecified atom stereocenters. The van der Waals surface area contributed by atoms with Crippen LogP contribution in [-0.4, -0.2) is 19.8 Å². The summed E-state index contributed by atoms with van der Waals surface area (Å²) in [5.74, 6) is -0.758. The summed E-state index contributed by atoms with van der Waals surface area (Å²) < 4.78 is 32.3. The van der Waals surface area contributed by atoms with Crippen molar-refractivity contribution < 1.29 is 13.5 Å². The number of nitrogens with one attached hydrogen (secondary N) is 1. The number of halogens is 2. The summed E-state index contributed by atoms with van der Waals surface area (Å²) in [5, 5.41) is 3.40. The van der Waals surface area contributed by atoms with Gasteiger partial charge in [-0.05, 0) is 43.5 Å². The van der Waals surface area contributed by atoms with Gasteiger partial charge in [0.25, 0.3) is 0 Å². The average molecular weight is 269 g/mol. The lowest BCUT2D eigenvalue weighted by Gasteiger charge is -2.31. The Labute approximate surface area is 113 Å². The van der Waals surface area contributed by atoms with Crippen LogP contribution in [-0.2, 0) is 4.74 Å². The van der Waals surface area contributed by atoms with Crippen LogP contribution in [0, 0.1) is 17.6 Å². The molecular weight excluding hydrogens is 248 g/mol. The van der Waals surface area contributed by atoms with Crippen LogP contribution in [0.3, 0.4) is 0 Å². The van der Waals surface area contributed by atoms with Crippen LogP contribution in [0.5, 0.6) is 0 Å². The zero-order chi connectivity index (χ0) is 13.7. The fourth-order valence-corrected chi connectivity index (χ4v) is 2.64. The molecule has 1 aliphatic heterocycles. The van der Waals surface area contributed by atoms with Gasteiger partial charge in [0.15, 0.2) is 0 Å². The maximum Gasteiger partial charge on any atom is 0.126 e. The van der Waals surface area contributed by atoms with E-state index in [1.165, 1.54) is 12.1 Å². The number of hydrogen-bond donors (Lipinski definition) is 1. The first-order valence-corrected chi connectivity index (χ1v) is 6.98. The van der Waals surface area contributed by atoms with Gasteiger partial charge in [0.05, 0.1) is 6.61 Å². The highest BCUT2D eigenvalue weighted by Gasteiger charge is 2.25. The molecular formula is C15H21F2NO. The molecule has 1 fully saturated rings. The molecule has 0 spiro atoms. The minimum Gasteiger partial charge on any atom is -0.381 e.